The summed E-state index contributed by atoms with van der Waals surface area (Å²) in [6, 6.07) is 12.2. The Bertz CT molecular complexity index is 1100. The number of nitrogens with one attached hydrogen (secondary N) is 1. The van der Waals surface area contributed by atoms with Crippen molar-refractivity contribution in [1.29, 1.82) is 0 Å². The summed E-state index contributed by atoms with van der Waals surface area (Å²) >= 11 is 0. The number of carbonyl (C=O) groups is 1. The monoisotopic (exact) mass is 361 g/mol. The van der Waals surface area contributed by atoms with Gasteiger partial charge in [-0.15, -0.1) is 5.10 Å². The number of aryl methyl sites for hydroxylation is 1. The Hall–Kier alpha value is -3.42. The van der Waals surface area contributed by atoms with Crippen LogP contribution in [0.5, 0.6) is 0 Å². The van der Waals surface area contributed by atoms with E-state index in [2.05, 4.69) is 49.2 Å². The van der Waals surface area contributed by atoms with E-state index in [-0.39, 0.29) is 12.6 Å². The highest BCUT2D eigenvalue weighted by atomic mass is 16.2. The van der Waals surface area contributed by atoms with Gasteiger partial charge in [0.05, 0.1) is 13.1 Å². The van der Waals surface area contributed by atoms with E-state index in [0.29, 0.717) is 18.1 Å². The van der Waals surface area contributed by atoms with Crippen LogP contribution in [0.2, 0.25) is 0 Å². The normalized spacial score (nSPS) is 14.3. The Balaban J connectivity index is 1.31. The van der Waals surface area contributed by atoms with Crippen LogP contribution in [-0.4, -0.2) is 41.6 Å². The number of fused-ring (bicyclic) bond motifs is 4. The van der Waals surface area contributed by atoms with E-state index < -0.39 is 0 Å². The van der Waals surface area contributed by atoms with Crippen LogP contribution in [0.1, 0.15) is 17.9 Å². The Labute approximate surface area is 155 Å². The van der Waals surface area contributed by atoms with Crippen LogP contribution < -0.4 is 5.32 Å². The fourth-order valence-electron chi connectivity index (χ4n) is 3.65. The average Bonchev–Trinajstić information content (AvgIpc) is 3.19. The van der Waals surface area contributed by atoms with Gasteiger partial charge in [-0.2, -0.15) is 4.98 Å². The van der Waals surface area contributed by atoms with Gasteiger partial charge in [-0.05, 0) is 30.0 Å². The minimum atomic E-state index is -0.0967. The zero-order chi connectivity index (χ0) is 18.2. The first kappa shape index (κ1) is 15.8. The molecule has 0 spiro atoms. The van der Waals surface area contributed by atoms with Crippen molar-refractivity contribution in [2.45, 2.75) is 26.1 Å². The van der Waals surface area contributed by atoms with Gasteiger partial charge in [-0.25, -0.2) is 14.3 Å². The summed E-state index contributed by atoms with van der Waals surface area (Å²) in [5, 5.41) is 8.47. The van der Waals surface area contributed by atoms with Gasteiger partial charge < -0.3 is 14.8 Å². The Morgan fingerprint density at radius 3 is 3.04 bits per heavy atom. The van der Waals surface area contributed by atoms with Crippen molar-refractivity contribution in [1.82, 2.24) is 34.4 Å². The van der Waals surface area contributed by atoms with Crippen LogP contribution in [0.3, 0.4) is 0 Å². The molecule has 136 valence electrons. The van der Waals surface area contributed by atoms with Gasteiger partial charge in [0.25, 0.3) is 5.78 Å². The van der Waals surface area contributed by atoms with Gasteiger partial charge in [-0.1, -0.05) is 18.2 Å². The molecule has 4 heterocycles. The number of hydrogen-bond acceptors (Lipinski definition) is 4. The van der Waals surface area contributed by atoms with E-state index in [1.54, 1.807) is 23.0 Å². The highest BCUT2D eigenvalue weighted by Crippen LogP contribution is 2.23. The van der Waals surface area contributed by atoms with Crippen LogP contribution in [-0.2, 0) is 19.6 Å². The van der Waals surface area contributed by atoms with Crippen LogP contribution >= 0.6 is 0 Å². The maximum absolute atomic E-state index is 12.7. The molecule has 0 radical (unpaired) electrons. The molecule has 3 aromatic heterocycles. The Morgan fingerprint density at radius 1 is 1.19 bits per heavy atom. The molecular formula is C19H19N7O. The molecule has 1 aromatic carbocycles. The molecule has 0 atom stereocenters. The fraction of sp³-hybridized carbons (Fsp3) is 0.263. The molecule has 4 aromatic rings. The Kier molecular flexibility index (Phi) is 3.74. The zero-order valence-electron chi connectivity index (χ0n) is 14.7. The predicted molar refractivity (Wildman–Crippen MR) is 100.0 cm³/mol. The number of carbonyl (C=O) groups excluding carboxylic acids is 1. The predicted octanol–water partition coefficient (Wildman–Crippen LogP) is 2.19. The van der Waals surface area contributed by atoms with E-state index in [1.165, 1.54) is 16.6 Å². The molecule has 0 saturated heterocycles. The zero-order valence-corrected chi connectivity index (χ0v) is 14.7. The first-order valence-electron chi connectivity index (χ1n) is 9.04. The summed E-state index contributed by atoms with van der Waals surface area (Å²) in [6.45, 7) is 2.52. The van der Waals surface area contributed by atoms with Crippen LogP contribution in [0.15, 0.2) is 48.8 Å². The molecular weight excluding hydrogens is 342 g/mol. The molecule has 1 aliphatic heterocycles. The van der Waals surface area contributed by atoms with Crippen molar-refractivity contribution in [3.05, 3.63) is 60.3 Å². The van der Waals surface area contributed by atoms with Gasteiger partial charge in [0.2, 0.25) is 0 Å². The van der Waals surface area contributed by atoms with Crippen molar-refractivity contribution in [3.8, 4) is 0 Å². The van der Waals surface area contributed by atoms with Crippen molar-refractivity contribution < 1.29 is 4.79 Å². The molecule has 0 unspecified atom stereocenters. The summed E-state index contributed by atoms with van der Waals surface area (Å²) in [6.07, 6.45) is 4.38. The third kappa shape index (κ3) is 2.88. The topological polar surface area (TPSA) is 80.3 Å². The SMILES string of the molecule is O=C(NCc1nc2ncccn2n1)N1CCCn2c(cc3ccccc32)C1. The number of amides is 2. The Morgan fingerprint density at radius 2 is 2.11 bits per heavy atom. The summed E-state index contributed by atoms with van der Waals surface area (Å²) in [4.78, 5) is 23.0. The second kappa shape index (κ2) is 6.39. The molecule has 0 saturated carbocycles. The minimum absolute atomic E-state index is 0.0967. The third-order valence-corrected chi connectivity index (χ3v) is 4.90. The van der Waals surface area contributed by atoms with Gasteiger partial charge in [-0.3, -0.25) is 0 Å². The van der Waals surface area contributed by atoms with Crippen molar-refractivity contribution in [3.63, 3.8) is 0 Å². The van der Waals surface area contributed by atoms with Crippen molar-refractivity contribution in [2.24, 2.45) is 0 Å². The number of benzene rings is 1. The first-order valence-corrected chi connectivity index (χ1v) is 9.04. The smallest absolute Gasteiger partial charge is 0.318 e. The molecule has 1 N–H and O–H groups in total. The van der Waals surface area contributed by atoms with E-state index in [1.807, 2.05) is 11.0 Å². The molecule has 8 nitrogen and oxygen atoms in total. The maximum atomic E-state index is 12.7. The van der Waals surface area contributed by atoms with E-state index in [0.717, 1.165) is 19.5 Å². The summed E-state index contributed by atoms with van der Waals surface area (Å²) < 4.78 is 3.92. The number of rotatable bonds is 2. The summed E-state index contributed by atoms with van der Waals surface area (Å²) in [5.74, 6) is 1.08. The molecule has 8 heteroatoms. The maximum Gasteiger partial charge on any atom is 0.318 e. The molecule has 1 aliphatic rings. The largest absolute Gasteiger partial charge is 0.343 e. The molecule has 0 aliphatic carbocycles. The van der Waals surface area contributed by atoms with E-state index in [9.17, 15) is 4.79 Å². The lowest BCUT2D eigenvalue weighted by Crippen LogP contribution is -2.39. The van der Waals surface area contributed by atoms with Gasteiger partial charge in [0.1, 0.15) is 0 Å². The second-order valence-electron chi connectivity index (χ2n) is 6.67. The van der Waals surface area contributed by atoms with Gasteiger partial charge in [0.15, 0.2) is 5.82 Å². The van der Waals surface area contributed by atoms with Crippen LogP contribution in [0.25, 0.3) is 16.7 Å². The van der Waals surface area contributed by atoms with Gasteiger partial charge >= 0.3 is 6.03 Å². The van der Waals surface area contributed by atoms with Crippen LogP contribution in [0.4, 0.5) is 4.79 Å². The molecule has 5 rings (SSSR count). The molecule has 2 amide bonds. The quantitative estimate of drug-likeness (QED) is 0.593. The molecule has 0 bridgehead atoms. The highest BCUT2D eigenvalue weighted by molar-refractivity contribution is 5.81. The van der Waals surface area contributed by atoms with E-state index >= 15 is 0 Å². The van der Waals surface area contributed by atoms with E-state index in [4.69, 9.17) is 0 Å². The number of aromatic nitrogens is 5. The molecule has 0 fully saturated rings. The third-order valence-electron chi connectivity index (χ3n) is 4.90. The lowest BCUT2D eigenvalue weighted by Gasteiger charge is -2.20. The first-order chi connectivity index (χ1) is 13.3. The fourth-order valence-corrected chi connectivity index (χ4v) is 3.65. The minimum Gasteiger partial charge on any atom is -0.343 e. The number of para-hydroxylation sites is 1. The summed E-state index contributed by atoms with van der Waals surface area (Å²) in [5.41, 5.74) is 2.40. The van der Waals surface area contributed by atoms with Crippen molar-refractivity contribution in [2.75, 3.05) is 6.54 Å². The number of urea groups is 1. The standard InChI is InChI=1S/C19H19N7O/c27-19(21-12-17-22-18-20-7-3-10-26(18)23-17)24-8-4-9-25-15(13-24)11-14-5-1-2-6-16(14)25/h1-3,5-7,10-11H,4,8-9,12-13H2,(H,21,27). The number of nitrogens with zero attached hydrogens (tertiary/aromatic N) is 6. The highest BCUT2D eigenvalue weighted by Gasteiger charge is 2.20. The second-order valence-corrected chi connectivity index (χ2v) is 6.67. The lowest BCUT2D eigenvalue weighted by atomic mass is 10.2. The number of hydrogen-bond donors (Lipinski definition) is 1. The van der Waals surface area contributed by atoms with Crippen molar-refractivity contribution >= 4 is 22.7 Å². The molecule has 27 heavy (non-hydrogen) atoms. The van der Waals surface area contributed by atoms with Crippen LogP contribution in [0, 0.1) is 0 Å². The average molecular weight is 361 g/mol. The summed E-state index contributed by atoms with van der Waals surface area (Å²) in [7, 11) is 0. The lowest BCUT2D eigenvalue weighted by molar-refractivity contribution is 0.195. The van der Waals surface area contributed by atoms with Gasteiger partial charge in [0, 0.05) is 36.7 Å².